The smallest absolute Gasteiger partial charge is 0.318 e. The normalized spacial score (nSPS) is 15.9. The predicted octanol–water partition coefficient (Wildman–Crippen LogP) is 4.34. The fourth-order valence-corrected chi connectivity index (χ4v) is 3.24. The van der Waals surface area contributed by atoms with Gasteiger partial charge in [-0.05, 0) is 50.6 Å². The highest BCUT2D eigenvalue weighted by molar-refractivity contribution is 6.03. The van der Waals surface area contributed by atoms with E-state index in [-0.39, 0.29) is 23.5 Å². The van der Waals surface area contributed by atoms with Crippen LogP contribution in [0, 0.1) is 5.82 Å². The van der Waals surface area contributed by atoms with Crippen LogP contribution >= 0.6 is 0 Å². The molecule has 160 valence electrons. The highest BCUT2D eigenvalue weighted by Crippen LogP contribution is 2.25. The molecule has 0 fully saturated rings. The number of oxime groups is 1. The summed E-state index contributed by atoms with van der Waals surface area (Å²) in [5.41, 5.74) is 2.12. The summed E-state index contributed by atoms with van der Waals surface area (Å²) < 4.78 is 18.7. The van der Waals surface area contributed by atoms with Gasteiger partial charge in [-0.1, -0.05) is 29.4 Å². The number of methoxy groups -OCH3 is 1. The van der Waals surface area contributed by atoms with E-state index in [0.717, 1.165) is 22.6 Å². The lowest BCUT2D eigenvalue weighted by molar-refractivity contribution is 0.0580. The lowest BCUT2D eigenvalue weighted by Gasteiger charge is -2.29. The number of hydrogen-bond donors (Lipinski definition) is 1. The zero-order valence-electron chi connectivity index (χ0n) is 17.8. The van der Waals surface area contributed by atoms with E-state index in [1.807, 2.05) is 45.0 Å². The third kappa shape index (κ3) is 5.72. The van der Waals surface area contributed by atoms with Gasteiger partial charge in [-0.2, -0.15) is 0 Å². The molecule has 2 aromatic carbocycles. The molecule has 0 bridgehead atoms. The van der Waals surface area contributed by atoms with Crippen LogP contribution in [0.15, 0.2) is 53.7 Å². The maximum atomic E-state index is 13.3. The number of nitrogens with zero attached hydrogens (tertiary/aromatic N) is 2. The number of carbonyl (C=O) groups excluding carboxylic acids is 1. The second-order valence-electron chi connectivity index (χ2n) is 8.36. The fourth-order valence-electron chi connectivity index (χ4n) is 3.24. The molecule has 0 spiro atoms. The Morgan fingerprint density at radius 2 is 1.93 bits per heavy atom. The van der Waals surface area contributed by atoms with E-state index in [1.165, 1.54) is 12.1 Å². The van der Waals surface area contributed by atoms with E-state index in [0.29, 0.717) is 19.5 Å². The SMILES string of the molecule is COc1ccccc1C1=NO[C@H](CN(Cc2ccc(F)cc2)C(=O)NC(C)(C)C)C1. The first-order valence-corrected chi connectivity index (χ1v) is 9.93. The second kappa shape index (κ2) is 9.15. The van der Waals surface area contributed by atoms with Gasteiger partial charge in [0.1, 0.15) is 11.6 Å². The fraction of sp³-hybridized carbons (Fsp3) is 0.391. The number of halogens is 1. The summed E-state index contributed by atoms with van der Waals surface area (Å²) in [4.78, 5) is 20.2. The van der Waals surface area contributed by atoms with Crippen molar-refractivity contribution in [3.8, 4) is 5.75 Å². The summed E-state index contributed by atoms with van der Waals surface area (Å²) in [5.74, 6) is 0.424. The Morgan fingerprint density at radius 1 is 1.23 bits per heavy atom. The maximum Gasteiger partial charge on any atom is 0.318 e. The molecule has 0 saturated heterocycles. The molecule has 0 unspecified atom stereocenters. The Kier molecular flexibility index (Phi) is 6.59. The first-order valence-electron chi connectivity index (χ1n) is 9.93. The molecule has 0 aromatic heterocycles. The van der Waals surface area contributed by atoms with E-state index in [2.05, 4.69) is 10.5 Å². The summed E-state index contributed by atoms with van der Waals surface area (Å²) in [6.07, 6.45) is 0.277. The van der Waals surface area contributed by atoms with Gasteiger partial charge < -0.3 is 19.8 Å². The van der Waals surface area contributed by atoms with Gasteiger partial charge in [-0.15, -0.1) is 0 Å². The number of rotatable bonds is 6. The third-order valence-electron chi connectivity index (χ3n) is 4.63. The Balaban J connectivity index is 1.71. The highest BCUT2D eigenvalue weighted by Gasteiger charge is 2.29. The van der Waals surface area contributed by atoms with Crippen molar-refractivity contribution in [3.63, 3.8) is 0 Å². The summed E-state index contributed by atoms with van der Waals surface area (Å²) in [7, 11) is 1.62. The molecule has 1 aliphatic rings. The quantitative estimate of drug-likeness (QED) is 0.766. The molecule has 0 aliphatic carbocycles. The average molecular weight is 413 g/mol. The van der Waals surface area contributed by atoms with Crippen LogP contribution in [0.2, 0.25) is 0 Å². The summed E-state index contributed by atoms with van der Waals surface area (Å²) in [6, 6.07) is 13.6. The van der Waals surface area contributed by atoms with Crippen molar-refractivity contribution in [2.24, 2.45) is 5.16 Å². The largest absolute Gasteiger partial charge is 0.496 e. The average Bonchev–Trinajstić information content (AvgIpc) is 3.16. The number of ether oxygens (including phenoxy) is 1. The van der Waals surface area contributed by atoms with Crippen molar-refractivity contribution >= 4 is 11.7 Å². The first-order chi connectivity index (χ1) is 14.2. The van der Waals surface area contributed by atoms with Gasteiger partial charge >= 0.3 is 6.03 Å². The number of carbonyl (C=O) groups is 1. The van der Waals surface area contributed by atoms with E-state index in [9.17, 15) is 9.18 Å². The summed E-state index contributed by atoms with van der Waals surface area (Å²) in [5, 5.41) is 7.22. The minimum absolute atomic E-state index is 0.207. The number of urea groups is 1. The van der Waals surface area contributed by atoms with E-state index in [4.69, 9.17) is 9.57 Å². The summed E-state index contributed by atoms with van der Waals surface area (Å²) in [6.45, 7) is 6.47. The van der Waals surface area contributed by atoms with Gasteiger partial charge in [0.05, 0.1) is 19.4 Å². The standard InChI is InChI=1S/C23H28FN3O3/c1-23(2,3)25-22(28)27(14-16-9-11-17(24)12-10-16)15-18-13-20(26-30-18)19-7-5-6-8-21(19)29-4/h5-12,18H,13-15H2,1-4H3,(H,25,28)/t18-/m0/s1. The molecular weight excluding hydrogens is 385 g/mol. The molecule has 0 saturated carbocycles. The Bertz CT molecular complexity index is 907. The molecule has 30 heavy (non-hydrogen) atoms. The molecule has 2 aromatic rings. The number of hydrogen-bond acceptors (Lipinski definition) is 4. The molecule has 3 rings (SSSR count). The lowest BCUT2D eigenvalue weighted by atomic mass is 10.0. The molecule has 1 heterocycles. The molecule has 6 nitrogen and oxygen atoms in total. The number of benzene rings is 2. The lowest BCUT2D eigenvalue weighted by Crippen LogP contribution is -2.50. The molecular formula is C23H28FN3O3. The zero-order chi connectivity index (χ0) is 21.7. The van der Waals surface area contributed by atoms with Crippen molar-refractivity contribution in [3.05, 3.63) is 65.5 Å². The zero-order valence-corrected chi connectivity index (χ0v) is 17.8. The molecule has 0 radical (unpaired) electrons. The van der Waals surface area contributed by atoms with Gasteiger partial charge in [0, 0.05) is 24.1 Å². The molecule has 2 amide bonds. The Labute approximate surface area is 176 Å². The van der Waals surface area contributed by atoms with Crippen molar-refractivity contribution in [1.82, 2.24) is 10.2 Å². The first kappa shape index (κ1) is 21.6. The van der Waals surface area contributed by atoms with Crippen LogP contribution < -0.4 is 10.1 Å². The van der Waals surface area contributed by atoms with Crippen LogP contribution in [-0.4, -0.2) is 41.9 Å². The minimum atomic E-state index is -0.381. The van der Waals surface area contributed by atoms with E-state index in [1.54, 1.807) is 24.1 Å². The molecule has 7 heteroatoms. The van der Waals surface area contributed by atoms with Crippen LogP contribution in [-0.2, 0) is 11.4 Å². The number of amides is 2. The van der Waals surface area contributed by atoms with E-state index >= 15 is 0 Å². The highest BCUT2D eigenvalue weighted by atomic mass is 19.1. The molecule has 1 N–H and O–H groups in total. The number of para-hydroxylation sites is 1. The second-order valence-corrected chi connectivity index (χ2v) is 8.36. The maximum absolute atomic E-state index is 13.3. The van der Waals surface area contributed by atoms with Crippen molar-refractivity contribution in [1.29, 1.82) is 0 Å². The van der Waals surface area contributed by atoms with Gasteiger partial charge in [0.25, 0.3) is 0 Å². The molecule has 1 aliphatic heterocycles. The monoisotopic (exact) mass is 413 g/mol. The topological polar surface area (TPSA) is 63.2 Å². The minimum Gasteiger partial charge on any atom is -0.496 e. The van der Waals surface area contributed by atoms with Gasteiger partial charge in [0.2, 0.25) is 0 Å². The van der Waals surface area contributed by atoms with Crippen LogP contribution in [0.1, 0.15) is 38.3 Å². The number of nitrogens with one attached hydrogen (secondary N) is 1. The molecule has 1 atom stereocenters. The van der Waals surface area contributed by atoms with Crippen LogP contribution in [0.4, 0.5) is 9.18 Å². The van der Waals surface area contributed by atoms with Gasteiger partial charge in [-0.3, -0.25) is 0 Å². The van der Waals surface area contributed by atoms with Crippen molar-refractivity contribution < 1.29 is 18.8 Å². The van der Waals surface area contributed by atoms with Crippen LogP contribution in [0.3, 0.4) is 0 Å². The van der Waals surface area contributed by atoms with Crippen molar-refractivity contribution in [2.45, 2.75) is 45.4 Å². The third-order valence-corrected chi connectivity index (χ3v) is 4.63. The van der Waals surface area contributed by atoms with Crippen LogP contribution in [0.25, 0.3) is 0 Å². The summed E-state index contributed by atoms with van der Waals surface area (Å²) >= 11 is 0. The predicted molar refractivity (Wildman–Crippen MR) is 114 cm³/mol. The van der Waals surface area contributed by atoms with Crippen molar-refractivity contribution in [2.75, 3.05) is 13.7 Å². The Hall–Kier alpha value is -3.09. The van der Waals surface area contributed by atoms with Gasteiger partial charge in [-0.25, -0.2) is 9.18 Å². The van der Waals surface area contributed by atoms with Crippen LogP contribution in [0.5, 0.6) is 5.75 Å². The van der Waals surface area contributed by atoms with E-state index < -0.39 is 0 Å². The van der Waals surface area contributed by atoms with Gasteiger partial charge in [0.15, 0.2) is 6.10 Å². The Morgan fingerprint density at radius 3 is 2.60 bits per heavy atom.